The van der Waals surface area contributed by atoms with E-state index in [9.17, 15) is 0 Å². The maximum atomic E-state index is 8.94. The number of rotatable bonds is 5. The molecule has 8 heteroatoms. The minimum atomic E-state index is 0.0219. The number of methoxy groups -OCH3 is 1. The molecule has 0 radical (unpaired) electrons. The molecule has 22 heavy (non-hydrogen) atoms. The van der Waals surface area contributed by atoms with Crippen LogP contribution in [0, 0.1) is 0 Å². The Morgan fingerprint density at radius 2 is 2.18 bits per heavy atom. The van der Waals surface area contributed by atoms with Crippen LogP contribution in [-0.4, -0.2) is 45.3 Å². The van der Waals surface area contributed by atoms with Crippen molar-refractivity contribution in [3.63, 3.8) is 0 Å². The van der Waals surface area contributed by atoms with E-state index in [0.29, 0.717) is 29.6 Å². The number of aromatic nitrogens is 4. The molecule has 3 aromatic rings. The molecule has 0 fully saturated rings. The Bertz CT molecular complexity index is 801. The molecule has 0 bridgehead atoms. The molecule has 0 unspecified atom stereocenters. The van der Waals surface area contributed by atoms with Crippen molar-refractivity contribution >= 4 is 22.8 Å². The number of hydrogen-bond donors (Lipinski definition) is 4. The Morgan fingerprint density at radius 3 is 2.95 bits per heavy atom. The van der Waals surface area contributed by atoms with Gasteiger partial charge in [0, 0.05) is 29.8 Å². The first-order valence-corrected chi connectivity index (χ1v) is 6.73. The summed E-state index contributed by atoms with van der Waals surface area (Å²) in [5.74, 6) is 1.17. The van der Waals surface area contributed by atoms with Gasteiger partial charge in [0.25, 0.3) is 0 Å². The number of nitrogens with two attached hydrogens (primary N) is 1. The van der Waals surface area contributed by atoms with E-state index in [1.165, 1.54) is 7.11 Å². The van der Waals surface area contributed by atoms with Gasteiger partial charge in [-0.2, -0.15) is 4.98 Å². The van der Waals surface area contributed by atoms with Crippen LogP contribution in [0.1, 0.15) is 0 Å². The van der Waals surface area contributed by atoms with Gasteiger partial charge < -0.3 is 25.9 Å². The number of fused-ring (bicyclic) bond motifs is 1. The van der Waals surface area contributed by atoms with E-state index in [4.69, 9.17) is 15.6 Å². The summed E-state index contributed by atoms with van der Waals surface area (Å²) >= 11 is 0. The molecule has 3 rings (SSSR count). The number of H-pyrrole nitrogens is 1. The number of aliphatic hydroxyl groups excluding tert-OH is 1. The number of pyridine rings is 1. The molecule has 3 aromatic heterocycles. The maximum absolute atomic E-state index is 8.94. The van der Waals surface area contributed by atoms with E-state index in [1.807, 2.05) is 12.1 Å². The van der Waals surface area contributed by atoms with Crippen LogP contribution in [0.2, 0.25) is 0 Å². The number of nitrogens with zero attached hydrogens (tertiary/aromatic N) is 3. The molecule has 0 spiro atoms. The molecule has 0 aromatic carbocycles. The number of hydrogen-bond acceptors (Lipinski definition) is 7. The van der Waals surface area contributed by atoms with Crippen LogP contribution in [0.3, 0.4) is 0 Å². The summed E-state index contributed by atoms with van der Waals surface area (Å²) in [6.45, 7) is 0.432. The van der Waals surface area contributed by atoms with Crippen LogP contribution in [0.4, 0.5) is 11.8 Å². The van der Waals surface area contributed by atoms with Gasteiger partial charge in [-0.1, -0.05) is 0 Å². The quantitative estimate of drug-likeness (QED) is 0.554. The number of anilines is 2. The zero-order valence-electron chi connectivity index (χ0n) is 12.0. The molecular weight excluding hydrogens is 284 g/mol. The van der Waals surface area contributed by atoms with Crippen molar-refractivity contribution in [2.24, 2.45) is 0 Å². The lowest BCUT2D eigenvalue weighted by atomic mass is 10.1. The van der Waals surface area contributed by atoms with Crippen molar-refractivity contribution in [2.45, 2.75) is 0 Å². The lowest BCUT2D eigenvalue weighted by Crippen LogP contribution is -2.07. The average molecular weight is 300 g/mol. The van der Waals surface area contributed by atoms with Gasteiger partial charge >= 0.3 is 0 Å². The largest absolute Gasteiger partial charge is 0.481 e. The summed E-state index contributed by atoms with van der Waals surface area (Å²) in [7, 11) is 1.53. The summed E-state index contributed by atoms with van der Waals surface area (Å²) in [6.07, 6.45) is 1.80. The molecule has 0 aliphatic carbocycles. The zero-order valence-corrected chi connectivity index (χ0v) is 12.0. The first-order chi connectivity index (χ1) is 10.7. The molecule has 5 N–H and O–H groups in total. The topological polar surface area (TPSA) is 122 Å². The molecule has 0 aliphatic rings. The van der Waals surface area contributed by atoms with E-state index < -0.39 is 0 Å². The number of aromatic amines is 1. The highest BCUT2D eigenvalue weighted by molar-refractivity contribution is 5.94. The summed E-state index contributed by atoms with van der Waals surface area (Å²) in [5, 5.41) is 12.9. The zero-order chi connectivity index (χ0) is 15.5. The molecule has 0 amide bonds. The highest BCUT2D eigenvalue weighted by Crippen LogP contribution is 2.30. The van der Waals surface area contributed by atoms with Gasteiger partial charge in [-0.25, -0.2) is 9.97 Å². The van der Waals surface area contributed by atoms with Gasteiger partial charge in [-0.3, -0.25) is 0 Å². The third-order valence-corrected chi connectivity index (χ3v) is 3.15. The third-order valence-electron chi connectivity index (χ3n) is 3.15. The predicted molar refractivity (Wildman–Crippen MR) is 83.7 cm³/mol. The van der Waals surface area contributed by atoms with Crippen molar-refractivity contribution < 1.29 is 9.84 Å². The van der Waals surface area contributed by atoms with Gasteiger partial charge in [-0.15, -0.1) is 0 Å². The van der Waals surface area contributed by atoms with Crippen molar-refractivity contribution in [2.75, 3.05) is 31.3 Å². The molecular formula is C14H16N6O2. The van der Waals surface area contributed by atoms with Crippen molar-refractivity contribution in [1.82, 2.24) is 19.9 Å². The molecule has 114 valence electrons. The van der Waals surface area contributed by atoms with E-state index in [-0.39, 0.29) is 12.6 Å². The highest BCUT2D eigenvalue weighted by atomic mass is 16.5. The van der Waals surface area contributed by atoms with Crippen LogP contribution in [-0.2, 0) is 0 Å². The second kappa shape index (κ2) is 5.86. The highest BCUT2D eigenvalue weighted by Gasteiger charge is 2.12. The van der Waals surface area contributed by atoms with E-state index >= 15 is 0 Å². The van der Waals surface area contributed by atoms with Crippen LogP contribution < -0.4 is 15.8 Å². The summed E-state index contributed by atoms with van der Waals surface area (Å²) in [5.41, 5.74) is 7.94. The number of aliphatic hydroxyl groups is 1. The molecule has 0 saturated carbocycles. The molecule has 3 heterocycles. The van der Waals surface area contributed by atoms with Crippen LogP contribution in [0.25, 0.3) is 22.3 Å². The second-order valence-corrected chi connectivity index (χ2v) is 4.60. The first-order valence-electron chi connectivity index (χ1n) is 6.73. The Morgan fingerprint density at radius 1 is 1.32 bits per heavy atom. The van der Waals surface area contributed by atoms with E-state index in [0.717, 1.165) is 10.9 Å². The lowest BCUT2D eigenvalue weighted by Gasteiger charge is -2.09. The SMILES string of the molecule is COc1cc(-c2cc(NCCO)nc3[nH]ccc23)nc(N)n1. The molecule has 0 saturated heterocycles. The lowest BCUT2D eigenvalue weighted by molar-refractivity contribution is 0.311. The smallest absolute Gasteiger partial charge is 0.223 e. The predicted octanol–water partition coefficient (Wildman–Crippen LogP) is 1.01. The number of nitrogen functional groups attached to an aromatic ring is 1. The monoisotopic (exact) mass is 300 g/mol. The second-order valence-electron chi connectivity index (χ2n) is 4.60. The third kappa shape index (κ3) is 2.63. The fourth-order valence-corrected chi connectivity index (χ4v) is 2.21. The average Bonchev–Trinajstić information content (AvgIpc) is 2.99. The summed E-state index contributed by atoms with van der Waals surface area (Å²) in [6, 6.07) is 5.49. The normalized spacial score (nSPS) is 10.8. The van der Waals surface area contributed by atoms with Gasteiger partial charge in [0.2, 0.25) is 11.8 Å². The maximum Gasteiger partial charge on any atom is 0.223 e. The Labute approximate surface area is 126 Å². The fraction of sp³-hybridized carbons (Fsp3) is 0.214. The summed E-state index contributed by atoms with van der Waals surface area (Å²) < 4.78 is 5.14. The Hall–Kier alpha value is -2.87. The minimum absolute atomic E-state index is 0.0219. The van der Waals surface area contributed by atoms with Crippen molar-refractivity contribution in [3.8, 4) is 17.1 Å². The van der Waals surface area contributed by atoms with Gasteiger partial charge in [-0.05, 0) is 12.1 Å². The van der Waals surface area contributed by atoms with Gasteiger partial charge in [0.1, 0.15) is 11.5 Å². The summed E-state index contributed by atoms with van der Waals surface area (Å²) in [4.78, 5) is 15.8. The minimum Gasteiger partial charge on any atom is -0.481 e. The first kappa shape index (κ1) is 14.1. The van der Waals surface area contributed by atoms with Crippen LogP contribution in [0.15, 0.2) is 24.4 Å². The molecule has 0 atom stereocenters. The number of ether oxygens (including phenoxy) is 1. The van der Waals surface area contributed by atoms with Gasteiger partial charge in [0.15, 0.2) is 0 Å². The molecule has 8 nitrogen and oxygen atoms in total. The number of nitrogens with one attached hydrogen (secondary N) is 2. The fourth-order valence-electron chi connectivity index (χ4n) is 2.21. The Kier molecular flexibility index (Phi) is 3.75. The van der Waals surface area contributed by atoms with Crippen LogP contribution >= 0.6 is 0 Å². The van der Waals surface area contributed by atoms with Crippen molar-refractivity contribution in [1.29, 1.82) is 0 Å². The van der Waals surface area contributed by atoms with E-state index in [2.05, 4.69) is 25.3 Å². The van der Waals surface area contributed by atoms with Crippen molar-refractivity contribution in [3.05, 3.63) is 24.4 Å². The standard InChI is InChI=1S/C14H16N6O2/c1-22-12-7-10(18-14(15)20-12)9-6-11(16-4-5-21)19-13-8(9)2-3-17-13/h2-3,6-7,21H,4-5H2,1H3,(H2,15,18,20)(H2,16,17,19). The van der Waals surface area contributed by atoms with E-state index in [1.54, 1.807) is 12.3 Å². The van der Waals surface area contributed by atoms with Crippen LogP contribution in [0.5, 0.6) is 5.88 Å². The van der Waals surface area contributed by atoms with Gasteiger partial charge in [0.05, 0.1) is 19.4 Å². The molecule has 0 aliphatic heterocycles. The Balaban J connectivity index is 2.16.